The van der Waals surface area contributed by atoms with Crippen molar-refractivity contribution in [2.45, 2.75) is 46.1 Å². The first-order chi connectivity index (χ1) is 7.58. The number of carbonyl (C=O) groups excluding carboxylic acids is 1. The number of aryl methyl sites for hydroxylation is 2. The Labute approximate surface area is 95.8 Å². The van der Waals surface area contributed by atoms with E-state index in [-0.39, 0.29) is 11.9 Å². The van der Waals surface area contributed by atoms with E-state index in [4.69, 9.17) is 0 Å². The molecule has 1 aromatic rings. The number of aromatic amines is 1. The first-order valence-corrected chi connectivity index (χ1v) is 5.90. The van der Waals surface area contributed by atoms with Crippen LogP contribution in [0.5, 0.6) is 0 Å². The molecule has 16 heavy (non-hydrogen) atoms. The van der Waals surface area contributed by atoms with Crippen molar-refractivity contribution in [3.05, 3.63) is 17.0 Å². The first kappa shape index (κ1) is 11.2. The quantitative estimate of drug-likeness (QED) is 0.816. The van der Waals surface area contributed by atoms with E-state index >= 15 is 0 Å². The molecule has 0 radical (unpaired) electrons. The Hall–Kier alpha value is -1.32. The van der Waals surface area contributed by atoms with Gasteiger partial charge in [0.15, 0.2) is 0 Å². The average Bonchev–Trinajstić information content (AvgIpc) is 2.92. The zero-order valence-electron chi connectivity index (χ0n) is 10.1. The lowest BCUT2D eigenvalue weighted by Crippen LogP contribution is -2.33. The maximum absolute atomic E-state index is 12.0. The van der Waals surface area contributed by atoms with Crippen LogP contribution in [0.15, 0.2) is 0 Å². The topological polar surface area (TPSA) is 57.8 Å². The minimum Gasteiger partial charge on any atom is -0.349 e. The monoisotopic (exact) mass is 221 g/mol. The van der Waals surface area contributed by atoms with Crippen molar-refractivity contribution in [3.63, 3.8) is 0 Å². The summed E-state index contributed by atoms with van der Waals surface area (Å²) in [5.41, 5.74) is 2.31. The molecule has 1 unspecified atom stereocenters. The van der Waals surface area contributed by atoms with Gasteiger partial charge in [-0.15, -0.1) is 0 Å². The smallest absolute Gasteiger partial charge is 0.255 e. The minimum atomic E-state index is -0.00287. The third-order valence-corrected chi connectivity index (χ3v) is 3.12. The van der Waals surface area contributed by atoms with E-state index in [1.807, 2.05) is 13.8 Å². The van der Waals surface area contributed by atoms with Gasteiger partial charge in [0, 0.05) is 11.7 Å². The highest BCUT2D eigenvalue weighted by atomic mass is 16.1. The fourth-order valence-electron chi connectivity index (χ4n) is 2.09. The molecular formula is C12H19N3O. The summed E-state index contributed by atoms with van der Waals surface area (Å²) in [6.45, 7) is 5.80. The van der Waals surface area contributed by atoms with Gasteiger partial charge in [-0.3, -0.25) is 9.89 Å². The molecule has 0 aliphatic heterocycles. The van der Waals surface area contributed by atoms with Gasteiger partial charge in [-0.2, -0.15) is 5.10 Å². The van der Waals surface area contributed by atoms with Crippen LogP contribution in [0.4, 0.5) is 0 Å². The van der Waals surface area contributed by atoms with Gasteiger partial charge in [0.05, 0.1) is 11.3 Å². The summed E-state index contributed by atoms with van der Waals surface area (Å²) in [4.78, 5) is 12.0. The predicted molar refractivity (Wildman–Crippen MR) is 62.3 cm³/mol. The van der Waals surface area contributed by atoms with Crippen LogP contribution in [0.1, 0.15) is 47.9 Å². The Bertz CT molecular complexity index is 373. The summed E-state index contributed by atoms with van der Waals surface area (Å²) in [6.07, 6.45) is 3.75. The van der Waals surface area contributed by atoms with Gasteiger partial charge in [0.2, 0.25) is 0 Å². The van der Waals surface area contributed by atoms with Crippen molar-refractivity contribution < 1.29 is 4.79 Å². The van der Waals surface area contributed by atoms with Gasteiger partial charge in [0.1, 0.15) is 0 Å². The fourth-order valence-corrected chi connectivity index (χ4v) is 2.09. The van der Waals surface area contributed by atoms with Gasteiger partial charge < -0.3 is 5.32 Å². The third-order valence-electron chi connectivity index (χ3n) is 3.12. The number of carbonyl (C=O) groups is 1. The number of nitrogens with one attached hydrogen (secondary N) is 2. The Morgan fingerprint density at radius 1 is 1.56 bits per heavy atom. The Balaban J connectivity index is 1.96. The van der Waals surface area contributed by atoms with Crippen molar-refractivity contribution in [1.82, 2.24) is 15.5 Å². The largest absolute Gasteiger partial charge is 0.349 e. The van der Waals surface area contributed by atoms with Crippen molar-refractivity contribution in [1.29, 1.82) is 0 Å². The number of amides is 1. The van der Waals surface area contributed by atoms with Crippen LogP contribution in [0, 0.1) is 19.8 Å². The van der Waals surface area contributed by atoms with E-state index in [1.54, 1.807) is 0 Å². The molecule has 4 nitrogen and oxygen atoms in total. The Morgan fingerprint density at radius 2 is 2.25 bits per heavy atom. The lowest BCUT2D eigenvalue weighted by Gasteiger charge is -2.13. The molecule has 1 heterocycles. The number of H-pyrrole nitrogens is 1. The molecule has 0 aromatic carbocycles. The molecule has 1 saturated carbocycles. The highest BCUT2D eigenvalue weighted by Gasteiger charge is 2.25. The Morgan fingerprint density at radius 3 is 2.75 bits per heavy atom. The molecule has 1 fully saturated rings. The standard InChI is InChI=1S/C12H19N3O/c1-7(6-10-4-5-10)13-12(16)11-8(2)14-15-9(11)3/h7,10H,4-6H2,1-3H3,(H,13,16)(H,14,15). The molecule has 1 amide bonds. The lowest BCUT2D eigenvalue weighted by atomic mass is 10.1. The number of nitrogens with zero attached hydrogens (tertiary/aromatic N) is 1. The van der Waals surface area contributed by atoms with E-state index in [0.29, 0.717) is 5.56 Å². The molecular weight excluding hydrogens is 202 g/mol. The van der Waals surface area contributed by atoms with Gasteiger partial charge in [-0.25, -0.2) is 0 Å². The second-order valence-corrected chi connectivity index (χ2v) is 4.86. The molecule has 2 rings (SSSR count). The van der Waals surface area contributed by atoms with Crippen molar-refractivity contribution in [2.24, 2.45) is 5.92 Å². The molecule has 0 bridgehead atoms. The van der Waals surface area contributed by atoms with Gasteiger partial charge in [-0.1, -0.05) is 12.8 Å². The highest BCUT2D eigenvalue weighted by molar-refractivity contribution is 5.96. The molecule has 1 aromatic heterocycles. The summed E-state index contributed by atoms with van der Waals surface area (Å²) in [5.74, 6) is 0.832. The molecule has 1 aliphatic rings. The van der Waals surface area contributed by atoms with E-state index in [2.05, 4.69) is 22.4 Å². The number of hydrogen-bond donors (Lipinski definition) is 2. The third kappa shape index (κ3) is 2.43. The molecule has 0 saturated heterocycles. The maximum Gasteiger partial charge on any atom is 0.255 e. The number of hydrogen-bond acceptors (Lipinski definition) is 2. The molecule has 88 valence electrons. The molecule has 4 heteroatoms. The van der Waals surface area contributed by atoms with Gasteiger partial charge in [-0.05, 0) is 33.1 Å². The molecule has 0 spiro atoms. The van der Waals surface area contributed by atoms with Crippen LogP contribution >= 0.6 is 0 Å². The molecule has 1 atom stereocenters. The van der Waals surface area contributed by atoms with Gasteiger partial charge >= 0.3 is 0 Å². The van der Waals surface area contributed by atoms with E-state index < -0.39 is 0 Å². The van der Waals surface area contributed by atoms with Crippen molar-refractivity contribution >= 4 is 5.91 Å². The van der Waals surface area contributed by atoms with E-state index in [0.717, 1.165) is 23.7 Å². The Kier molecular flexibility index (Phi) is 2.99. The summed E-state index contributed by atoms with van der Waals surface area (Å²) in [7, 11) is 0. The normalized spacial score (nSPS) is 17.2. The average molecular weight is 221 g/mol. The number of rotatable bonds is 4. The second kappa shape index (κ2) is 4.28. The second-order valence-electron chi connectivity index (χ2n) is 4.86. The van der Waals surface area contributed by atoms with Crippen LogP contribution in [-0.4, -0.2) is 22.1 Å². The fraction of sp³-hybridized carbons (Fsp3) is 0.667. The zero-order chi connectivity index (χ0) is 11.7. The summed E-state index contributed by atoms with van der Waals surface area (Å²) >= 11 is 0. The van der Waals surface area contributed by atoms with Crippen LogP contribution in [0.2, 0.25) is 0 Å². The SMILES string of the molecule is Cc1n[nH]c(C)c1C(=O)NC(C)CC1CC1. The highest BCUT2D eigenvalue weighted by Crippen LogP contribution is 2.33. The first-order valence-electron chi connectivity index (χ1n) is 5.90. The zero-order valence-corrected chi connectivity index (χ0v) is 10.1. The van der Waals surface area contributed by atoms with Crippen LogP contribution in [0.25, 0.3) is 0 Å². The van der Waals surface area contributed by atoms with Crippen molar-refractivity contribution in [2.75, 3.05) is 0 Å². The molecule has 1 aliphatic carbocycles. The molecule has 2 N–H and O–H groups in total. The summed E-state index contributed by atoms with van der Waals surface area (Å²) in [6, 6.07) is 0.258. The van der Waals surface area contributed by atoms with Gasteiger partial charge in [0.25, 0.3) is 5.91 Å². The maximum atomic E-state index is 12.0. The van der Waals surface area contributed by atoms with Crippen LogP contribution in [0.3, 0.4) is 0 Å². The van der Waals surface area contributed by atoms with E-state index in [9.17, 15) is 4.79 Å². The van der Waals surface area contributed by atoms with Crippen LogP contribution in [-0.2, 0) is 0 Å². The minimum absolute atomic E-state index is 0.00287. The number of aromatic nitrogens is 2. The summed E-state index contributed by atoms with van der Waals surface area (Å²) < 4.78 is 0. The van der Waals surface area contributed by atoms with Crippen molar-refractivity contribution in [3.8, 4) is 0 Å². The summed E-state index contributed by atoms with van der Waals surface area (Å²) in [5, 5.41) is 9.90. The van der Waals surface area contributed by atoms with Crippen LogP contribution < -0.4 is 5.32 Å². The predicted octanol–water partition coefficient (Wildman–Crippen LogP) is 1.94. The lowest BCUT2D eigenvalue weighted by molar-refractivity contribution is 0.0936. The van der Waals surface area contributed by atoms with E-state index in [1.165, 1.54) is 12.8 Å².